The number of nitrogens with one attached hydrogen (secondary N) is 2. The van der Waals surface area contributed by atoms with Gasteiger partial charge in [0.25, 0.3) is 0 Å². The molecular formula is C22H28FN5O3. The minimum atomic E-state index is -0.543. The van der Waals surface area contributed by atoms with Crippen LogP contribution in [-0.4, -0.2) is 47.7 Å². The number of aromatic nitrogens is 2. The fourth-order valence-corrected chi connectivity index (χ4v) is 3.84. The number of carbonyl (C=O) groups is 2. The second-order valence-corrected chi connectivity index (χ2v) is 7.55. The first kappa shape index (κ1) is 22.5. The lowest BCUT2D eigenvalue weighted by molar-refractivity contribution is -0.119. The van der Waals surface area contributed by atoms with Gasteiger partial charge in [-0.2, -0.15) is 0 Å². The number of hydrogen-bond donors (Lipinski definition) is 2. The summed E-state index contributed by atoms with van der Waals surface area (Å²) < 4.78 is 19.4. The van der Waals surface area contributed by atoms with Crippen LogP contribution < -0.4 is 15.5 Å². The van der Waals surface area contributed by atoms with Gasteiger partial charge in [0, 0.05) is 36.8 Å². The van der Waals surface area contributed by atoms with E-state index in [0.29, 0.717) is 23.7 Å². The number of carbonyl (C=O) groups excluding carboxylic acids is 2. The largest absolute Gasteiger partial charge is 0.452 e. The second kappa shape index (κ2) is 10.2. The molecule has 2 N–H and O–H groups in total. The molecule has 2 amide bonds. The van der Waals surface area contributed by atoms with Crippen molar-refractivity contribution in [1.82, 2.24) is 15.3 Å². The predicted molar refractivity (Wildman–Crippen MR) is 116 cm³/mol. The number of amides is 2. The molecule has 0 atom stereocenters. The van der Waals surface area contributed by atoms with Gasteiger partial charge in [0.15, 0.2) is 5.82 Å². The van der Waals surface area contributed by atoms with E-state index in [0.717, 1.165) is 31.9 Å². The molecule has 1 aromatic heterocycles. The lowest BCUT2D eigenvalue weighted by Gasteiger charge is -2.29. The summed E-state index contributed by atoms with van der Waals surface area (Å²) in [5.41, 5.74) is 1.29. The lowest BCUT2D eigenvalue weighted by Crippen LogP contribution is -2.39. The number of rotatable bonds is 6. The number of methoxy groups -OCH3 is 1. The van der Waals surface area contributed by atoms with Gasteiger partial charge in [-0.05, 0) is 44.7 Å². The molecule has 0 aliphatic heterocycles. The third kappa shape index (κ3) is 5.68. The van der Waals surface area contributed by atoms with Gasteiger partial charge in [0.1, 0.15) is 5.69 Å². The zero-order chi connectivity index (χ0) is 22.4. The normalized spacial score (nSPS) is 18.2. The fraction of sp³-hybridized carbons (Fsp3) is 0.455. The molecule has 166 valence electrons. The van der Waals surface area contributed by atoms with Gasteiger partial charge in [-0.3, -0.25) is 9.69 Å². The van der Waals surface area contributed by atoms with Crippen molar-refractivity contribution >= 4 is 23.6 Å². The van der Waals surface area contributed by atoms with Gasteiger partial charge < -0.3 is 15.4 Å². The number of nitrogens with zero attached hydrogens (tertiary/aromatic N) is 3. The summed E-state index contributed by atoms with van der Waals surface area (Å²) in [7, 11) is 1.32. The first-order valence-corrected chi connectivity index (χ1v) is 10.4. The minimum absolute atomic E-state index is 0.0148. The summed E-state index contributed by atoms with van der Waals surface area (Å²) in [4.78, 5) is 33.1. The van der Waals surface area contributed by atoms with E-state index in [9.17, 15) is 14.0 Å². The molecule has 3 rings (SSSR count). The minimum Gasteiger partial charge on any atom is -0.452 e. The van der Waals surface area contributed by atoms with Gasteiger partial charge in [-0.1, -0.05) is 12.1 Å². The average molecular weight is 429 g/mol. The summed E-state index contributed by atoms with van der Waals surface area (Å²) in [6.07, 6.45) is 4.13. The SMILES string of the molecule is CCN(C(=O)OC)c1cccc(-c2nc(NC3CCC(NC(C)=O)CC3)ncc2F)c1. The third-order valence-corrected chi connectivity index (χ3v) is 5.35. The maximum atomic E-state index is 14.5. The third-order valence-electron chi connectivity index (χ3n) is 5.35. The molecule has 1 heterocycles. The van der Waals surface area contributed by atoms with Crippen LogP contribution in [0, 0.1) is 5.82 Å². The Morgan fingerprint density at radius 3 is 2.58 bits per heavy atom. The molecule has 31 heavy (non-hydrogen) atoms. The molecule has 9 heteroatoms. The zero-order valence-corrected chi connectivity index (χ0v) is 18.0. The van der Waals surface area contributed by atoms with Gasteiger partial charge >= 0.3 is 6.09 Å². The lowest BCUT2D eigenvalue weighted by atomic mass is 9.91. The van der Waals surface area contributed by atoms with Crippen molar-refractivity contribution in [3.63, 3.8) is 0 Å². The Hall–Kier alpha value is -3.23. The quantitative estimate of drug-likeness (QED) is 0.726. The molecular weight excluding hydrogens is 401 g/mol. The van der Waals surface area contributed by atoms with Gasteiger partial charge in [-0.25, -0.2) is 19.2 Å². The van der Waals surface area contributed by atoms with Crippen molar-refractivity contribution in [2.24, 2.45) is 0 Å². The van der Waals surface area contributed by atoms with Crippen molar-refractivity contribution in [2.75, 3.05) is 23.9 Å². The first-order valence-electron chi connectivity index (χ1n) is 10.4. The number of anilines is 2. The van der Waals surface area contributed by atoms with Crippen LogP contribution in [0.4, 0.5) is 20.8 Å². The highest BCUT2D eigenvalue weighted by atomic mass is 19.1. The standard InChI is InChI=1S/C22H28FN5O3/c1-4-28(22(30)31-3)18-7-5-6-15(12-18)20-19(23)13-24-21(27-20)26-17-10-8-16(9-11-17)25-14(2)29/h5-7,12-13,16-17H,4,8-11H2,1-3H3,(H,25,29)(H,24,26,27). The van der Waals surface area contributed by atoms with Crippen LogP contribution in [0.25, 0.3) is 11.3 Å². The van der Waals surface area contributed by atoms with Gasteiger partial charge in [0.05, 0.1) is 13.3 Å². The van der Waals surface area contributed by atoms with Crippen LogP contribution in [0.5, 0.6) is 0 Å². The molecule has 0 saturated heterocycles. The average Bonchev–Trinajstić information content (AvgIpc) is 2.76. The van der Waals surface area contributed by atoms with Crippen LogP contribution in [0.1, 0.15) is 39.5 Å². The molecule has 1 fully saturated rings. The van der Waals surface area contributed by atoms with E-state index >= 15 is 0 Å². The Kier molecular flexibility index (Phi) is 7.38. The van der Waals surface area contributed by atoms with E-state index < -0.39 is 11.9 Å². The number of halogens is 1. The van der Waals surface area contributed by atoms with Crippen LogP contribution in [0.15, 0.2) is 30.5 Å². The number of hydrogen-bond acceptors (Lipinski definition) is 6. The molecule has 0 bridgehead atoms. The summed E-state index contributed by atoms with van der Waals surface area (Å²) in [5, 5.41) is 6.23. The Bertz CT molecular complexity index is 931. The smallest absolute Gasteiger partial charge is 0.413 e. The summed E-state index contributed by atoms with van der Waals surface area (Å²) >= 11 is 0. The van der Waals surface area contributed by atoms with E-state index in [1.54, 1.807) is 24.3 Å². The second-order valence-electron chi connectivity index (χ2n) is 7.55. The molecule has 0 unspecified atom stereocenters. The van der Waals surface area contributed by atoms with Crippen LogP contribution in [0.2, 0.25) is 0 Å². The van der Waals surface area contributed by atoms with Crippen LogP contribution in [-0.2, 0) is 9.53 Å². The Morgan fingerprint density at radius 2 is 1.94 bits per heavy atom. The van der Waals surface area contributed by atoms with Crippen molar-refractivity contribution in [2.45, 2.75) is 51.6 Å². The van der Waals surface area contributed by atoms with E-state index in [2.05, 4.69) is 20.6 Å². The van der Waals surface area contributed by atoms with Gasteiger partial charge in [-0.15, -0.1) is 0 Å². The molecule has 2 aromatic rings. The van der Waals surface area contributed by atoms with E-state index in [1.165, 1.54) is 18.9 Å². The Morgan fingerprint density at radius 1 is 1.23 bits per heavy atom. The first-order chi connectivity index (χ1) is 14.9. The van der Waals surface area contributed by atoms with Gasteiger partial charge in [0.2, 0.25) is 11.9 Å². The summed E-state index contributed by atoms with van der Waals surface area (Å²) in [6, 6.07) is 7.30. The molecule has 0 radical (unpaired) electrons. The highest BCUT2D eigenvalue weighted by Crippen LogP contribution is 2.27. The zero-order valence-electron chi connectivity index (χ0n) is 18.0. The summed E-state index contributed by atoms with van der Waals surface area (Å²) in [5.74, 6) is -0.206. The van der Waals surface area contributed by atoms with E-state index in [1.807, 2.05) is 6.92 Å². The molecule has 8 nitrogen and oxygen atoms in total. The molecule has 1 aliphatic rings. The Labute approximate surface area is 181 Å². The Balaban J connectivity index is 1.75. The molecule has 1 aromatic carbocycles. The number of benzene rings is 1. The van der Waals surface area contributed by atoms with E-state index in [-0.39, 0.29) is 23.7 Å². The highest BCUT2D eigenvalue weighted by molar-refractivity contribution is 5.88. The van der Waals surface area contributed by atoms with Crippen molar-refractivity contribution < 1.29 is 18.7 Å². The van der Waals surface area contributed by atoms with Crippen molar-refractivity contribution in [3.05, 3.63) is 36.3 Å². The maximum Gasteiger partial charge on any atom is 0.413 e. The monoisotopic (exact) mass is 429 g/mol. The molecule has 0 spiro atoms. The maximum absolute atomic E-state index is 14.5. The van der Waals surface area contributed by atoms with Crippen LogP contribution in [0.3, 0.4) is 0 Å². The van der Waals surface area contributed by atoms with E-state index in [4.69, 9.17) is 4.74 Å². The highest BCUT2D eigenvalue weighted by Gasteiger charge is 2.23. The molecule has 1 saturated carbocycles. The fourth-order valence-electron chi connectivity index (χ4n) is 3.84. The predicted octanol–water partition coefficient (Wildman–Crippen LogP) is 3.73. The number of ether oxygens (including phenoxy) is 1. The van der Waals surface area contributed by atoms with Crippen molar-refractivity contribution in [3.8, 4) is 11.3 Å². The topological polar surface area (TPSA) is 96.5 Å². The molecule has 1 aliphatic carbocycles. The summed E-state index contributed by atoms with van der Waals surface area (Å²) in [6.45, 7) is 3.77. The van der Waals surface area contributed by atoms with Crippen molar-refractivity contribution in [1.29, 1.82) is 0 Å². The van der Waals surface area contributed by atoms with Crippen LogP contribution >= 0.6 is 0 Å².